The van der Waals surface area contributed by atoms with Crippen molar-refractivity contribution in [2.75, 3.05) is 32.7 Å². The molecule has 0 bridgehead atoms. The summed E-state index contributed by atoms with van der Waals surface area (Å²) in [6.07, 6.45) is -1.89. The predicted octanol–water partition coefficient (Wildman–Crippen LogP) is -2.18. The van der Waals surface area contributed by atoms with Crippen molar-refractivity contribution in [2.24, 2.45) is 0 Å². The van der Waals surface area contributed by atoms with Crippen molar-refractivity contribution < 1.29 is 49.1 Å². The van der Waals surface area contributed by atoms with Gasteiger partial charge in [-0.05, 0) is 0 Å². The van der Waals surface area contributed by atoms with E-state index in [0.29, 0.717) is 0 Å². The van der Waals surface area contributed by atoms with Gasteiger partial charge in [-0.1, -0.05) is 0 Å². The van der Waals surface area contributed by atoms with Crippen molar-refractivity contribution in [3.8, 4) is 0 Å². The van der Waals surface area contributed by atoms with Gasteiger partial charge in [0, 0.05) is 20.0 Å². The number of carbonyl (C=O) groups is 5. The molecule has 0 fully saturated rings. The summed E-state index contributed by atoms with van der Waals surface area (Å²) in [6, 6.07) is 0. The van der Waals surface area contributed by atoms with Crippen LogP contribution in [0.4, 0.5) is 0 Å². The van der Waals surface area contributed by atoms with Gasteiger partial charge in [0.15, 0.2) is 0 Å². The zero-order valence-corrected chi connectivity index (χ0v) is 12.7. The Hall–Kier alpha value is -2.73. The highest BCUT2D eigenvalue weighted by molar-refractivity contribution is 5.78. The summed E-state index contributed by atoms with van der Waals surface area (Å²) in [5.41, 5.74) is 0. The van der Waals surface area contributed by atoms with Gasteiger partial charge in [0.2, 0.25) is 0 Å². The number of hydrogen-bond acceptors (Lipinski definition) is 8. The van der Waals surface area contributed by atoms with Crippen molar-refractivity contribution >= 4 is 29.8 Å². The zero-order chi connectivity index (χ0) is 18.9. The molecule has 0 spiro atoms. The van der Waals surface area contributed by atoms with E-state index in [9.17, 15) is 24.0 Å². The smallest absolute Gasteiger partial charge is 0.360 e. The standard InChI is InChI=1S/C12H18N2O10/c1-7(15)24-11(12(22)23)14(6-10(20)21)3-2-13(4-8(16)17)5-9(18)19/h11H,2-6H2,1H3,(H,16,17)(H,18,19)(H,20,21)(H,22,23). The lowest BCUT2D eigenvalue weighted by Crippen LogP contribution is -2.50. The van der Waals surface area contributed by atoms with Crippen LogP contribution >= 0.6 is 0 Å². The quantitative estimate of drug-likeness (QED) is 0.221. The van der Waals surface area contributed by atoms with E-state index in [-0.39, 0.29) is 13.1 Å². The van der Waals surface area contributed by atoms with Crippen LogP contribution in [-0.2, 0) is 28.7 Å². The molecule has 0 aromatic rings. The van der Waals surface area contributed by atoms with Crippen LogP contribution in [0.3, 0.4) is 0 Å². The molecule has 136 valence electrons. The number of hydrogen-bond donors (Lipinski definition) is 4. The van der Waals surface area contributed by atoms with Crippen molar-refractivity contribution in [1.29, 1.82) is 0 Å². The number of carboxylic acid groups (broad SMARTS) is 4. The van der Waals surface area contributed by atoms with Crippen LogP contribution in [-0.4, -0.2) is 99.0 Å². The summed E-state index contributed by atoms with van der Waals surface area (Å²) in [7, 11) is 0. The Kier molecular flexibility index (Phi) is 8.97. The van der Waals surface area contributed by atoms with Crippen molar-refractivity contribution in [3.05, 3.63) is 0 Å². The SMILES string of the molecule is CC(=O)OC(C(=O)O)N(CCN(CC(=O)O)CC(=O)O)CC(=O)O. The fourth-order valence-electron chi connectivity index (χ4n) is 1.76. The molecule has 0 aliphatic carbocycles. The molecule has 0 aliphatic heterocycles. The van der Waals surface area contributed by atoms with Crippen LogP contribution in [0.1, 0.15) is 6.92 Å². The lowest BCUT2D eigenvalue weighted by molar-refractivity contribution is -0.178. The van der Waals surface area contributed by atoms with Gasteiger partial charge in [-0.25, -0.2) is 9.69 Å². The second-order valence-electron chi connectivity index (χ2n) is 4.66. The fraction of sp³-hybridized carbons (Fsp3) is 0.583. The molecule has 0 heterocycles. The Labute approximate surface area is 135 Å². The van der Waals surface area contributed by atoms with Gasteiger partial charge >= 0.3 is 29.8 Å². The summed E-state index contributed by atoms with van der Waals surface area (Å²) in [4.78, 5) is 56.1. The Balaban J connectivity index is 5.11. The number of rotatable bonds is 12. The van der Waals surface area contributed by atoms with Crippen molar-refractivity contribution in [1.82, 2.24) is 9.80 Å². The molecule has 0 rings (SSSR count). The van der Waals surface area contributed by atoms with E-state index >= 15 is 0 Å². The van der Waals surface area contributed by atoms with Crippen LogP contribution < -0.4 is 0 Å². The average Bonchev–Trinajstić information content (AvgIpc) is 2.38. The predicted molar refractivity (Wildman–Crippen MR) is 74.1 cm³/mol. The molecule has 0 aromatic carbocycles. The molecular formula is C12H18N2O10. The van der Waals surface area contributed by atoms with Crippen molar-refractivity contribution in [3.63, 3.8) is 0 Å². The second-order valence-corrected chi connectivity index (χ2v) is 4.66. The summed E-state index contributed by atoms with van der Waals surface area (Å²) in [5, 5.41) is 35.3. The maximum Gasteiger partial charge on any atom is 0.360 e. The maximum atomic E-state index is 11.1. The van der Waals surface area contributed by atoms with Gasteiger partial charge in [-0.3, -0.25) is 24.1 Å². The molecule has 0 aromatic heterocycles. The molecule has 0 saturated carbocycles. The monoisotopic (exact) mass is 350 g/mol. The van der Waals surface area contributed by atoms with Gasteiger partial charge in [0.1, 0.15) is 6.54 Å². The highest BCUT2D eigenvalue weighted by Crippen LogP contribution is 2.04. The van der Waals surface area contributed by atoms with Crippen LogP contribution in [0, 0.1) is 0 Å². The van der Waals surface area contributed by atoms with E-state index in [0.717, 1.165) is 16.7 Å². The van der Waals surface area contributed by atoms with Crippen molar-refractivity contribution in [2.45, 2.75) is 13.2 Å². The fourth-order valence-corrected chi connectivity index (χ4v) is 1.76. The van der Waals surface area contributed by atoms with Crippen LogP contribution in [0.2, 0.25) is 0 Å². The highest BCUT2D eigenvalue weighted by atomic mass is 16.6. The molecule has 4 N–H and O–H groups in total. The molecule has 1 atom stereocenters. The van der Waals surface area contributed by atoms with E-state index in [2.05, 4.69) is 4.74 Å². The summed E-state index contributed by atoms with van der Waals surface area (Å²) < 4.78 is 4.54. The van der Waals surface area contributed by atoms with Gasteiger partial charge in [-0.15, -0.1) is 0 Å². The number of aliphatic carboxylic acids is 4. The van der Waals surface area contributed by atoms with Gasteiger partial charge < -0.3 is 25.2 Å². The summed E-state index contributed by atoms with van der Waals surface area (Å²) in [6.45, 7) is -1.76. The summed E-state index contributed by atoms with van der Waals surface area (Å²) >= 11 is 0. The lowest BCUT2D eigenvalue weighted by Gasteiger charge is -2.28. The van der Waals surface area contributed by atoms with Crippen LogP contribution in [0.15, 0.2) is 0 Å². The normalized spacial score (nSPS) is 12.0. The largest absolute Gasteiger partial charge is 0.480 e. The van der Waals surface area contributed by atoms with Crippen LogP contribution in [0.5, 0.6) is 0 Å². The first-order valence-electron chi connectivity index (χ1n) is 6.54. The van der Waals surface area contributed by atoms with E-state index < -0.39 is 55.7 Å². The van der Waals surface area contributed by atoms with Gasteiger partial charge in [0.05, 0.1) is 13.1 Å². The third kappa shape index (κ3) is 9.32. The summed E-state index contributed by atoms with van der Waals surface area (Å²) in [5.74, 6) is -6.59. The Morgan fingerprint density at radius 1 is 0.833 bits per heavy atom. The Morgan fingerprint density at radius 2 is 1.29 bits per heavy atom. The molecule has 1 unspecified atom stereocenters. The lowest BCUT2D eigenvalue weighted by atomic mass is 10.3. The maximum absolute atomic E-state index is 11.1. The third-order valence-corrected chi connectivity index (χ3v) is 2.58. The molecule has 0 amide bonds. The highest BCUT2D eigenvalue weighted by Gasteiger charge is 2.30. The van der Waals surface area contributed by atoms with Gasteiger partial charge in [-0.2, -0.15) is 0 Å². The zero-order valence-electron chi connectivity index (χ0n) is 12.7. The van der Waals surface area contributed by atoms with Gasteiger partial charge in [0.25, 0.3) is 6.23 Å². The van der Waals surface area contributed by atoms with Crippen LogP contribution in [0.25, 0.3) is 0 Å². The van der Waals surface area contributed by atoms with E-state index in [4.69, 9.17) is 20.4 Å². The topological polar surface area (TPSA) is 182 Å². The Bertz CT molecular complexity index is 490. The first-order valence-corrected chi connectivity index (χ1v) is 6.54. The van der Waals surface area contributed by atoms with E-state index in [1.54, 1.807) is 0 Å². The minimum atomic E-state index is -1.89. The number of esters is 1. The minimum Gasteiger partial charge on any atom is -0.480 e. The number of carboxylic acids is 4. The molecule has 0 radical (unpaired) electrons. The molecule has 0 saturated heterocycles. The van der Waals surface area contributed by atoms with E-state index in [1.165, 1.54) is 0 Å². The Morgan fingerprint density at radius 3 is 1.62 bits per heavy atom. The minimum absolute atomic E-state index is 0.267. The first-order chi connectivity index (χ1) is 11.0. The molecule has 12 heteroatoms. The second kappa shape index (κ2) is 10.1. The molecule has 24 heavy (non-hydrogen) atoms. The molecule has 12 nitrogen and oxygen atoms in total. The van der Waals surface area contributed by atoms with E-state index in [1.807, 2.05) is 0 Å². The molecular weight excluding hydrogens is 332 g/mol. The first kappa shape index (κ1) is 21.3. The third-order valence-electron chi connectivity index (χ3n) is 2.58. The average molecular weight is 350 g/mol. The number of ether oxygens (including phenoxy) is 1. The number of carbonyl (C=O) groups excluding carboxylic acids is 1. The molecule has 0 aliphatic rings. The number of nitrogens with zero attached hydrogens (tertiary/aromatic N) is 2.